The second kappa shape index (κ2) is 24.5. The van der Waals surface area contributed by atoms with Gasteiger partial charge in [0, 0.05) is 0 Å². The molecule has 0 N–H and O–H groups in total. The fraction of sp³-hybridized carbons (Fsp3) is 0.311. The molecule has 0 saturated heterocycles. The third-order valence-electron chi connectivity index (χ3n) is 10.3. The van der Waals surface area contributed by atoms with Crippen molar-refractivity contribution in [3.05, 3.63) is 176 Å². The van der Waals surface area contributed by atoms with E-state index < -0.39 is 146 Å². The Morgan fingerprint density at radius 1 is 0.412 bits per heavy atom. The van der Waals surface area contributed by atoms with Gasteiger partial charge in [0.2, 0.25) is 0 Å². The second-order valence-electron chi connectivity index (χ2n) is 18.4. The van der Waals surface area contributed by atoms with Crippen LogP contribution in [0.15, 0.2) is 60.7 Å². The third-order valence-corrected chi connectivity index (χ3v) is 15.0. The van der Waals surface area contributed by atoms with Gasteiger partial charge >= 0.3 is 26.2 Å². The zero-order chi connectivity index (χ0) is 51.1. The fourth-order valence-electron chi connectivity index (χ4n) is 7.14. The summed E-state index contributed by atoms with van der Waals surface area (Å²) in [7, 11) is -3.73. The van der Waals surface area contributed by atoms with Crippen molar-refractivity contribution in [1.29, 1.82) is 0 Å². The summed E-state index contributed by atoms with van der Waals surface area (Å²) >= 11 is 0. The molecule has 3 nitrogen and oxygen atoms in total. The largest absolute Gasteiger partial charge is 4.00 e. The van der Waals surface area contributed by atoms with Crippen molar-refractivity contribution in [1.82, 2.24) is 4.57 Å². The first kappa shape index (κ1) is 60.5. The summed E-state index contributed by atoms with van der Waals surface area (Å²) in [6.45, 7) is 29.1. The summed E-state index contributed by atoms with van der Waals surface area (Å²) in [6.07, 6.45) is -7.42. The van der Waals surface area contributed by atoms with E-state index in [0.29, 0.717) is 0 Å². The second-order valence-corrected chi connectivity index (χ2v) is 32.7. The Morgan fingerprint density at radius 3 is 0.882 bits per heavy atom. The van der Waals surface area contributed by atoms with Gasteiger partial charge in [-0.05, 0) is 13.1 Å². The molecule has 0 fully saturated rings. The number of benzene rings is 5. The molecule has 0 aromatic heterocycles. The molecule has 5 rings (SSSR count). The summed E-state index contributed by atoms with van der Waals surface area (Å²) in [4.78, 5) is 9.73. The van der Waals surface area contributed by atoms with E-state index in [0.717, 1.165) is 56.0 Å². The molecule has 0 heterocycles. The van der Waals surface area contributed by atoms with E-state index in [1.165, 1.54) is 6.07 Å². The van der Waals surface area contributed by atoms with Crippen LogP contribution in [0, 0.1) is 94.2 Å². The summed E-state index contributed by atoms with van der Waals surface area (Å²) in [5.74, 6) is -45.2. The smallest absolute Gasteiger partial charge is 0.664 e. The Labute approximate surface area is 409 Å². The first-order chi connectivity index (χ1) is 30.8. The zero-order valence-corrected chi connectivity index (χ0v) is 44.1. The van der Waals surface area contributed by atoms with Crippen LogP contribution in [0.2, 0.25) is 58.9 Å². The van der Waals surface area contributed by atoms with Crippen molar-refractivity contribution < 1.29 is 92.1 Å². The summed E-state index contributed by atoms with van der Waals surface area (Å²) in [5.41, 5.74) is -7.42. The van der Waals surface area contributed by atoms with E-state index >= 15 is 26.3 Å². The molecular weight excluding hydrogens is 1050 g/mol. The molecular formula is C45H49BF15N3Si3Zr. The monoisotopic (exact) mass is 1100 g/mol. The minimum Gasteiger partial charge on any atom is -0.664 e. The maximum Gasteiger partial charge on any atom is 4.00 e. The maximum absolute atomic E-state index is 15.3. The van der Waals surface area contributed by atoms with Gasteiger partial charge in [0.1, 0.15) is 49.3 Å². The number of nitrogens with zero attached hydrogens (tertiary/aromatic N) is 3. The maximum atomic E-state index is 15.3. The first-order valence-corrected chi connectivity index (χ1v) is 30.9. The van der Waals surface area contributed by atoms with Gasteiger partial charge in [0.05, 0.1) is 0 Å². The quantitative estimate of drug-likeness (QED) is 0.0358. The molecule has 0 radical (unpaired) electrons. The van der Waals surface area contributed by atoms with Crippen molar-refractivity contribution in [2.24, 2.45) is 0 Å². The van der Waals surface area contributed by atoms with Crippen molar-refractivity contribution in [2.75, 3.05) is 26.2 Å². The fourth-order valence-corrected chi connectivity index (χ4v) is 10.2. The van der Waals surface area contributed by atoms with Crippen molar-refractivity contribution in [2.45, 2.75) is 65.2 Å². The minimum absolute atomic E-state index is 0. The Bertz CT molecular complexity index is 2230. The molecule has 0 amide bonds. The van der Waals surface area contributed by atoms with Crippen LogP contribution in [0.4, 0.5) is 65.9 Å². The van der Waals surface area contributed by atoms with Crippen LogP contribution in [0.25, 0.3) is 9.96 Å². The van der Waals surface area contributed by atoms with E-state index in [-0.39, 0.29) is 26.2 Å². The zero-order valence-electron chi connectivity index (χ0n) is 38.6. The Hall–Kier alpha value is -3.60. The van der Waals surface area contributed by atoms with Crippen LogP contribution in [-0.4, -0.2) is 61.6 Å². The Morgan fingerprint density at radius 2 is 0.662 bits per heavy atom. The standard InChI is InChI=1S/C25H7BF15.C13H35N3Si3.C7H7.Zr/c27-11-8(12(28)18(34)23(39)17(11)33)26(6-7-4-2-1-3-5-7,9-13(29)19(35)24(40)20(36)14(9)30)10-15(31)21(37)25(41)22(38)16(10)32;1-17(2,3)14-10-12-16(19(7,8)9)13-11-15-18(4,5)6;1-7-5-3-2-4-6-7;/h1-5H,6H2;10-13H2,1-9H3;2-6H,1H2;/q-1;-2;-1;+4. The van der Waals surface area contributed by atoms with Crippen LogP contribution in [0.3, 0.4) is 0 Å². The molecule has 5 aromatic carbocycles. The van der Waals surface area contributed by atoms with E-state index in [1.807, 2.05) is 30.3 Å². The molecule has 0 unspecified atom stereocenters. The van der Waals surface area contributed by atoms with E-state index in [4.69, 9.17) is 9.96 Å². The van der Waals surface area contributed by atoms with Crippen molar-refractivity contribution >= 4 is 47.2 Å². The number of halogens is 15. The first-order valence-electron chi connectivity index (χ1n) is 20.6. The van der Waals surface area contributed by atoms with Crippen LogP contribution >= 0.6 is 0 Å². The van der Waals surface area contributed by atoms with Gasteiger partial charge in [-0.3, -0.25) is 0 Å². The van der Waals surface area contributed by atoms with Crippen LogP contribution in [-0.2, 0) is 32.5 Å². The number of hydrogen-bond donors (Lipinski definition) is 0. The summed E-state index contributed by atoms with van der Waals surface area (Å²) in [5, 5.41) is 0. The molecule has 0 aliphatic heterocycles. The molecule has 0 aliphatic carbocycles. The Balaban J connectivity index is 0.000000486. The molecule has 0 bridgehead atoms. The van der Waals surface area contributed by atoms with Gasteiger partial charge in [-0.15, -0.1) is 47.9 Å². The average molecular weight is 1100 g/mol. The van der Waals surface area contributed by atoms with Gasteiger partial charge < -0.3 is 14.5 Å². The molecule has 68 heavy (non-hydrogen) atoms. The van der Waals surface area contributed by atoms with Gasteiger partial charge in [0.15, 0.2) is 52.4 Å². The topological polar surface area (TPSA) is 31.4 Å². The third kappa shape index (κ3) is 14.5. The van der Waals surface area contributed by atoms with E-state index in [2.05, 4.69) is 70.4 Å². The summed E-state index contributed by atoms with van der Waals surface area (Å²) < 4.78 is 223. The van der Waals surface area contributed by atoms with Crippen LogP contribution in [0.1, 0.15) is 11.1 Å². The predicted octanol–water partition coefficient (Wildman–Crippen LogP) is 12.4. The van der Waals surface area contributed by atoms with Gasteiger partial charge in [-0.1, -0.05) is 117 Å². The van der Waals surface area contributed by atoms with E-state index in [1.54, 1.807) is 0 Å². The van der Waals surface area contributed by atoms with Gasteiger partial charge in [-0.2, -0.15) is 24.6 Å². The minimum atomic E-state index is -5.59. The SMILES string of the molecule is C[Si](C)(C)[N-]CCN(CC[N-][Si](C)(C)C)[Si](C)(C)C.Fc1c(F)c(F)c([B-](Cc2ccccc2)(c2c(F)c(F)c(F)c(F)c2F)c2c(F)c(F)c(F)c(F)c2F)c(F)c1F.[CH2-]c1ccccc1.[Zr+4]. The molecule has 0 atom stereocenters. The molecule has 23 heteroatoms. The number of hydrogen-bond acceptors (Lipinski definition) is 1. The molecule has 0 spiro atoms. The summed E-state index contributed by atoms with van der Waals surface area (Å²) in [6, 6.07) is 14.8. The van der Waals surface area contributed by atoms with Gasteiger partial charge in [0.25, 0.3) is 0 Å². The van der Waals surface area contributed by atoms with Gasteiger partial charge in [-0.25, -0.2) is 65.9 Å². The Kier molecular flexibility index (Phi) is 21.8. The molecule has 368 valence electrons. The molecule has 0 aliphatic rings. The molecule has 5 aromatic rings. The van der Waals surface area contributed by atoms with Crippen LogP contribution < -0.4 is 16.4 Å². The number of rotatable bonds is 14. The van der Waals surface area contributed by atoms with E-state index in [9.17, 15) is 39.5 Å². The average Bonchev–Trinajstić information content (AvgIpc) is 3.24. The normalized spacial score (nSPS) is 12.0. The van der Waals surface area contributed by atoms with Crippen molar-refractivity contribution in [3.63, 3.8) is 0 Å². The van der Waals surface area contributed by atoms with Crippen LogP contribution in [0.5, 0.6) is 0 Å². The predicted molar refractivity (Wildman–Crippen MR) is 242 cm³/mol. The molecule has 0 saturated carbocycles. The van der Waals surface area contributed by atoms with Crippen molar-refractivity contribution in [3.8, 4) is 0 Å².